The number of nitrogens with zero attached hydrogens (tertiary/aromatic N) is 1. The molecule has 0 bridgehead atoms. The van der Waals surface area contributed by atoms with Gasteiger partial charge in [-0.1, -0.05) is 29.8 Å². The minimum atomic E-state index is -1.36. The number of carboxylic acid groups (broad SMARTS) is 1. The molecule has 1 aliphatic rings. The number of aromatic hydroxyl groups is 1. The van der Waals surface area contributed by atoms with Crippen LogP contribution in [0.25, 0.3) is 6.08 Å². The van der Waals surface area contributed by atoms with E-state index in [-0.39, 0.29) is 16.2 Å². The number of amides is 3. The summed E-state index contributed by atoms with van der Waals surface area (Å²) in [6.07, 6.45) is 1.59. The summed E-state index contributed by atoms with van der Waals surface area (Å²) in [5.41, 5.74) is 1.51. The quantitative estimate of drug-likeness (QED) is 0.509. The van der Waals surface area contributed by atoms with E-state index >= 15 is 0 Å². The lowest BCUT2D eigenvalue weighted by Crippen LogP contribution is -2.36. The molecule has 2 aromatic rings. The van der Waals surface area contributed by atoms with Crippen LogP contribution in [-0.2, 0) is 9.59 Å². The van der Waals surface area contributed by atoms with Gasteiger partial charge in [0.2, 0.25) is 5.91 Å². The molecule has 3 N–H and O–H groups in total. The molecule has 1 heterocycles. The Morgan fingerprint density at radius 2 is 1.93 bits per heavy atom. The maximum atomic E-state index is 12.5. The molecule has 0 aromatic heterocycles. The molecule has 1 saturated heterocycles. The second-order valence-electron chi connectivity index (χ2n) is 6.27. The highest BCUT2D eigenvalue weighted by Crippen LogP contribution is 2.32. The van der Waals surface area contributed by atoms with Crippen LogP contribution in [-0.4, -0.2) is 44.7 Å². The van der Waals surface area contributed by atoms with Gasteiger partial charge in [0.1, 0.15) is 17.9 Å². The van der Waals surface area contributed by atoms with Crippen LogP contribution in [0.5, 0.6) is 5.75 Å². The molecule has 0 spiro atoms. The van der Waals surface area contributed by atoms with Crippen LogP contribution in [0.1, 0.15) is 21.5 Å². The van der Waals surface area contributed by atoms with Gasteiger partial charge in [0, 0.05) is 5.69 Å². The first-order valence-corrected chi connectivity index (χ1v) is 9.24. The van der Waals surface area contributed by atoms with Gasteiger partial charge in [0.05, 0.1) is 4.91 Å². The lowest BCUT2D eigenvalue weighted by Gasteiger charge is -2.13. The lowest BCUT2D eigenvalue weighted by molar-refractivity contribution is -0.127. The Kier molecular flexibility index (Phi) is 5.69. The highest BCUT2D eigenvalue weighted by atomic mass is 32.2. The Bertz CT molecular complexity index is 1060. The van der Waals surface area contributed by atoms with Gasteiger partial charge in [-0.05, 0) is 48.5 Å². The second-order valence-corrected chi connectivity index (χ2v) is 7.26. The number of anilines is 1. The SMILES string of the molecule is Cc1cccc(/C=C2\SC(=O)N(CC(=O)Nc3ccc(O)c(C(=O)O)c3)C2=O)c1. The smallest absolute Gasteiger partial charge is 0.339 e. The standard InChI is InChI=1S/C20H16N2O6S/c1-11-3-2-4-12(7-11)8-16-18(25)22(20(28)29-16)10-17(24)21-13-5-6-15(23)14(9-13)19(26)27/h2-9,23H,10H2,1H3,(H,21,24)(H,26,27)/b16-8-. The summed E-state index contributed by atoms with van der Waals surface area (Å²) >= 11 is 0.747. The summed E-state index contributed by atoms with van der Waals surface area (Å²) in [4.78, 5) is 49.0. The molecule has 9 heteroatoms. The van der Waals surface area contributed by atoms with E-state index in [4.69, 9.17) is 5.11 Å². The van der Waals surface area contributed by atoms with Crippen molar-refractivity contribution in [1.82, 2.24) is 4.90 Å². The maximum absolute atomic E-state index is 12.5. The number of phenols is 1. The van der Waals surface area contributed by atoms with Crippen molar-refractivity contribution in [2.75, 3.05) is 11.9 Å². The van der Waals surface area contributed by atoms with Crippen LogP contribution < -0.4 is 5.32 Å². The van der Waals surface area contributed by atoms with Crippen LogP contribution >= 0.6 is 11.8 Å². The number of carbonyl (C=O) groups excluding carboxylic acids is 3. The van der Waals surface area contributed by atoms with E-state index < -0.39 is 35.3 Å². The summed E-state index contributed by atoms with van der Waals surface area (Å²) in [7, 11) is 0. The molecule has 0 radical (unpaired) electrons. The van der Waals surface area contributed by atoms with Crippen molar-refractivity contribution in [3.8, 4) is 5.75 Å². The van der Waals surface area contributed by atoms with Crippen molar-refractivity contribution in [1.29, 1.82) is 0 Å². The first-order chi connectivity index (χ1) is 13.7. The van der Waals surface area contributed by atoms with Crippen molar-refractivity contribution in [2.45, 2.75) is 6.92 Å². The van der Waals surface area contributed by atoms with E-state index in [1.807, 2.05) is 25.1 Å². The van der Waals surface area contributed by atoms with Gasteiger partial charge in [-0.2, -0.15) is 0 Å². The van der Waals surface area contributed by atoms with Crippen LogP contribution in [0, 0.1) is 6.92 Å². The zero-order valence-electron chi connectivity index (χ0n) is 15.2. The topological polar surface area (TPSA) is 124 Å². The number of aromatic carboxylic acids is 1. The van der Waals surface area contributed by atoms with Gasteiger partial charge >= 0.3 is 5.97 Å². The second kappa shape index (κ2) is 8.19. The zero-order chi connectivity index (χ0) is 21.1. The van der Waals surface area contributed by atoms with Gasteiger partial charge < -0.3 is 15.5 Å². The van der Waals surface area contributed by atoms with Crippen LogP contribution in [0.2, 0.25) is 0 Å². The number of thioether (sulfide) groups is 1. The molecule has 0 aliphatic carbocycles. The number of benzene rings is 2. The molecule has 3 rings (SSSR count). The number of nitrogens with one attached hydrogen (secondary N) is 1. The molecular weight excluding hydrogens is 396 g/mol. The zero-order valence-corrected chi connectivity index (χ0v) is 16.0. The third-order valence-corrected chi connectivity index (χ3v) is 4.93. The molecule has 3 amide bonds. The number of imide groups is 1. The Labute approximate surface area is 169 Å². The minimum absolute atomic E-state index is 0.118. The predicted molar refractivity (Wildman–Crippen MR) is 108 cm³/mol. The van der Waals surface area contributed by atoms with E-state index in [1.54, 1.807) is 12.1 Å². The van der Waals surface area contributed by atoms with Crippen molar-refractivity contribution in [3.63, 3.8) is 0 Å². The monoisotopic (exact) mass is 412 g/mol. The van der Waals surface area contributed by atoms with Crippen molar-refractivity contribution in [2.24, 2.45) is 0 Å². The normalized spacial score (nSPS) is 15.1. The molecule has 2 aromatic carbocycles. The fraction of sp³-hybridized carbons (Fsp3) is 0.100. The summed E-state index contributed by atoms with van der Waals surface area (Å²) in [5.74, 6) is -3.05. The molecular formula is C20H16N2O6S. The summed E-state index contributed by atoms with van der Waals surface area (Å²) in [6, 6.07) is 10.9. The number of carboxylic acids is 1. The van der Waals surface area contributed by atoms with E-state index in [1.165, 1.54) is 6.07 Å². The summed E-state index contributed by atoms with van der Waals surface area (Å²) in [5, 5.41) is 20.4. The first kappa shape index (κ1) is 20.2. The largest absolute Gasteiger partial charge is 0.507 e. The number of rotatable bonds is 5. The van der Waals surface area contributed by atoms with E-state index in [9.17, 15) is 24.3 Å². The predicted octanol–water partition coefficient (Wildman–Crippen LogP) is 3.07. The molecule has 29 heavy (non-hydrogen) atoms. The Balaban J connectivity index is 1.71. The van der Waals surface area contributed by atoms with Crippen molar-refractivity contribution in [3.05, 3.63) is 64.1 Å². The fourth-order valence-corrected chi connectivity index (χ4v) is 3.52. The minimum Gasteiger partial charge on any atom is -0.507 e. The maximum Gasteiger partial charge on any atom is 0.339 e. The third-order valence-electron chi connectivity index (χ3n) is 4.03. The first-order valence-electron chi connectivity index (χ1n) is 8.43. The van der Waals surface area contributed by atoms with Crippen LogP contribution in [0.15, 0.2) is 47.4 Å². The van der Waals surface area contributed by atoms with E-state index in [0.29, 0.717) is 0 Å². The average Bonchev–Trinajstić information content (AvgIpc) is 2.90. The molecule has 0 atom stereocenters. The highest BCUT2D eigenvalue weighted by Gasteiger charge is 2.36. The third kappa shape index (κ3) is 4.64. The van der Waals surface area contributed by atoms with E-state index in [2.05, 4.69) is 5.32 Å². The van der Waals surface area contributed by atoms with Gasteiger partial charge in [0.15, 0.2) is 0 Å². The van der Waals surface area contributed by atoms with E-state index in [0.717, 1.165) is 39.9 Å². The summed E-state index contributed by atoms with van der Waals surface area (Å²) < 4.78 is 0. The molecule has 8 nitrogen and oxygen atoms in total. The van der Waals surface area contributed by atoms with Crippen molar-refractivity contribution < 1.29 is 29.4 Å². The highest BCUT2D eigenvalue weighted by molar-refractivity contribution is 8.18. The number of carbonyl (C=O) groups is 4. The number of aryl methyl sites for hydroxylation is 1. The lowest BCUT2D eigenvalue weighted by atomic mass is 10.1. The summed E-state index contributed by atoms with van der Waals surface area (Å²) in [6.45, 7) is 1.39. The van der Waals surface area contributed by atoms with Crippen LogP contribution in [0.4, 0.5) is 10.5 Å². The van der Waals surface area contributed by atoms with Gasteiger partial charge in [0.25, 0.3) is 11.1 Å². The van der Waals surface area contributed by atoms with Crippen molar-refractivity contribution >= 4 is 46.5 Å². The Morgan fingerprint density at radius 3 is 2.62 bits per heavy atom. The average molecular weight is 412 g/mol. The number of hydrogen-bond acceptors (Lipinski definition) is 6. The molecule has 1 aliphatic heterocycles. The number of hydrogen-bond donors (Lipinski definition) is 3. The van der Waals surface area contributed by atoms with Gasteiger partial charge in [-0.3, -0.25) is 19.3 Å². The molecule has 148 valence electrons. The van der Waals surface area contributed by atoms with Gasteiger partial charge in [-0.25, -0.2) is 4.79 Å². The fourth-order valence-electron chi connectivity index (χ4n) is 2.68. The van der Waals surface area contributed by atoms with Gasteiger partial charge in [-0.15, -0.1) is 0 Å². The van der Waals surface area contributed by atoms with Crippen LogP contribution in [0.3, 0.4) is 0 Å². The Hall–Kier alpha value is -3.59. The molecule has 1 fully saturated rings. The Morgan fingerprint density at radius 1 is 1.17 bits per heavy atom. The molecule has 0 unspecified atom stereocenters. The molecule has 0 saturated carbocycles.